The highest BCUT2D eigenvalue weighted by atomic mass is 19.4. The number of benzene rings is 1. The number of alkyl halides is 3. The molecular formula is C11H10F3NO3. The zero-order valence-corrected chi connectivity index (χ0v) is 9.07. The molecule has 0 fully saturated rings. The molecule has 4 nitrogen and oxygen atoms in total. The number of hydrogen-bond acceptors (Lipinski definition) is 3. The monoisotopic (exact) mass is 261 g/mol. The summed E-state index contributed by atoms with van der Waals surface area (Å²) in [6, 6.07) is 3.80. The van der Waals surface area contributed by atoms with E-state index in [0.29, 0.717) is 0 Å². The first kappa shape index (κ1) is 13.9. The fourth-order valence-electron chi connectivity index (χ4n) is 1.18. The molecule has 0 bridgehead atoms. The number of hydrogen-bond donors (Lipinski definition) is 2. The average molecular weight is 261 g/mol. The van der Waals surface area contributed by atoms with Gasteiger partial charge in [-0.2, -0.15) is 0 Å². The molecule has 0 heterocycles. The third kappa shape index (κ3) is 4.36. The van der Waals surface area contributed by atoms with E-state index in [0.717, 1.165) is 18.2 Å². The number of aliphatic carboxylic acids is 1. The van der Waals surface area contributed by atoms with E-state index >= 15 is 0 Å². The molecule has 1 aromatic carbocycles. The van der Waals surface area contributed by atoms with E-state index in [9.17, 15) is 18.0 Å². The van der Waals surface area contributed by atoms with Crippen LogP contribution in [0, 0.1) is 0 Å². The summed E-state index contributed by atoms with van der Waals surface area (Å²) in [7, 11) is 0. The summed E-state index contributed by atoms with van der Waals surface area (Å²) in [4.78, 5) is 10.7. The van der Waals surface area contributed by atoms with E-state index < -0.39 is 24.1 Å². The van der Waals surface area contributed by atoms with Gasteiger partial charge in [0, 0.05) is 11.8 Å². The van der Waals surface area contributed by atoms with Crippen molar-refractivity contribution in [2.24, 2.45) is 0 Å². The predicted octanol–water partition coefficient (Wildman–Crippen LogP) is 2.64. The number of anilines is 1. The Bertz CT molecular complexity index is 445. The number of carboxylic acid groups (broad SMARTS) is 1. The summed E-state index contributed by atoms with van der Waals surface area (Å²) in [5.41, 5.74) is 0.184. The molecule has 0 saturated heterocycles. The molecule has 1 unspecified atom stereocenters. The van der Waals surface area contributed by atoms with E-state index in [2.05, 4.69) is 16.6 Å². The van der Waals surface area contributed by atoms with Gasteiger partial charge in [-0.15, -0.1) is 19.8 Å². The van der Waals surface area contributed by atoms with E-state index in [1.54, 1.807) is 0 Å². The standard InChI is InChI=1S/C11H10F3NO3/c1-2-9(10(16)17)15-7-4-3-5-8(6-7)18-11(12,13)14/h2-6,9,15H,1H2,(H,16,17). The predicted molar refractivity (Wildman–Crippen MR) is 58.4 cm³/mol. The lowest BCUT2D eigenvalue weighted by molar-refractivity contribution is -0.274. The number of rotatable bonds is 5. The lowest BCUT2D eigenvalue weighted by Crippen LogP contribution is -2.26. The van der Waals surface area contributed by atoms with Gasteiger partial charge in [0.2, 0.25) is 0 Å². The molecule has 0 radical (unpaired) electrons. The van der Waals surface area contributed by atoms with E-state index in [1.807, 2.05) is 0 Å². The zero-order valence-electron chi connectivity index (χ0n) is 9.07. The molecule has 0 spiro atoms. The fourth-order valence-corrected chi connectivity index (χ4v) is 1.18. The second kappa shape index (κ2) is 5.44. The number of carboxylic acids is 1. The molecule has 2 N–H and O–H groups in total. The maximum absolute atomic E-state index is 12.0. The van der Waals surface area contributed by atoms with Gasteiger partial charge in [0.05, 0.1) is 0 Å². The van der Waals surface area contributed by atoms with Crippen LogP contribution in [-0.2, 0) is 4.79 Å². The summed E-state index contributed by atoms with van der Waals surface area (Å²) in [6.07, 6.45) is -3.66. The highest BCUT2D eigenvalue weighted by molar-refractivity contribution is 5.79. The van der Waals surface area contributed by atoms with Crippen LogP contribution in [0.5, 0.6) is 5.75 Å². The van der Waals surface area contributed by atoms with Crippen LogP contribution < -0.4 is 10.1 Å². The molecule has 7 heteroatoms. The number of ether oxygens (including phenoxy) is 1. The Morgan fingerprint density at radius 2 is 2.17 bits per heavy atom. The Morgan fingerprint density at radius 3 is 2.67 bits per heavy atom. The van der Waals surface area contributed by atoms with Crippen molar-refractivity contribution in [1.29, 1.82) is 0 Å². The number of carbonyl (C=O) groups is 1. The molecular weight excluding hydrogens is 251 g/mol. The van der Waals surface area contributed by atoms with Crippen molar-refractivity contribution >= 4 is 11.7 Å². The Hall–Kier alpha value is -2.18. The average Bonchev–Trinajstić information content (AvgIpc) is 2.23. The van der Waals surface area contributed by atoms with Crippen LogP contribution in [0.25, 0.3) is 0 Å². The molecule has 1 rings (SSSR count). The van der Waals surface area contributed by atoms with Crippen LogP contribution in [0.4, 0.5) is 18.9 Å². The summed E-state index contributed by atoms with van der Waals surface area (Å²) >= 11 is 0. The van der Waals surface area contributed by atoms with Crippen LogP contribution in [-0.4, -0.2) is 23.5 Å². The molecule has 0 saturated carbocycles. The van der Waals surface area contributed by atoms with E-state index in [-0.39, 0.29) is 5.69 Å². The van der Waals surface area contributed by atoms with Crippen molar-refractivity contribution in [1.82, 2.24) is 0 Å². The van der Waals surface area contributed by atoms with Crippen molar-refractivity contribution in [3.63, 3.8) is 0 Å². The quantitative estimate of drug-likeness (QED) is 0.800. The normalized spacial score (nSPS) is 12.6. The molecule has 0 aliphatic rings. The minimum atomic E-state index is -4.79. The van der Waals surface area contributed by atoms with Gasteiger partial charge in [-0.1, -0.05) is 12.1 Å². The molecule has 0 aliphatic carbocycles. The first-order valence-corrected chi connectivity index (χ1v) is 4.79. The maximum Gasteiger partial charge on any atom is 0.573 e. The number of nitrogens with one attached hydrogen (secondary N) is 1. The lowest BCUT2D eigenvalue weighted by Gasteiger charge is -2.13. The fraction of sp³-hybridized carbons (Fsp3) is 0.182. The molecule has 98 valence electrons. The largest absolute Gasteiger partial charge is 0.573 e. The molecule has 1 atom stereocenters. The maximum atomic E-state index is 12.0. The van der Waals surface area contributed by atoms with Gasteiger partial charge in [-0.05, 0) is 12.1 Å². The van der Waals surface area contributed by atoms with Crippen molar-refractivity contribution in [3.8, 4) is 5.75 Å². The van der Waals surface area contributed by atoms with Crippen LogP contribution in [0.3, 0.4) is 0 Å². The zero-order chi connectivity index (χ0) is 13.8. The molecule has 1 aromatic rings. The van der Waals surface area contributed by atoms with E-state index in [4.69, 9.17) is 5.11 Å². The Kier molecular flexibility index (Phi) is 4.19. The van der Waals surface area contributed by atoms with Crippen molar-refractivity contribution < 1.29 is 27.8 Å². The molecule has 0 aromatic heterocycles. The highest BCUT2D eigenvalue weighted by Gasteiger charge is 2.31. The SMILES string of the molecule is C=CC(Nc1cccc(OC(F)(F)F)c1)C(=O)O. The highest BCUT2D eigenvalue weighted by Crippen LogP contribution is 2.25. The summed E-state index contributed by atoms with van der Waals surface area (Å²) < 4.78 is 39.6. The topological polar surface area (TPSA) is 58.6 Å². The van der Waals surface area contributed by atoms with Crippen molar-refractivity contribution in [3.05, 3.63) is 36.9 Å². The molecule has 18 heavy (non-hydrogen) atoms. The smallest absolute Gasteiger partial charge is 0.479 e. The van der Waals surface area contributed by atoms with Gasteiger partial charge in [-0.25, -0.2) is 4.79 Å². The van der Waals surface area contributed by atoms with Gasteiger partial charge in [-0.3, -0.25) is 0 Å². The Labute approximate surface area is 101 Å². The summed E-state index contributed by atoms with van der Waals surface area (Å²) in [5, 5.41) is 11.2. The van der Waals surface area contributed by atoms with Gasteiger partial charge in [0.1, 0.15) is 11.8 Å². The van der Waals surface area contributed by atoms with Gasteiger partial charge in [0.25, 0.3) is 0 Å². The summed E-state index contributed by atoms with van der Waals surface area (Å²) in [6.45, 7) is 3.31. The van der Waals surface area contributed by atoms with Crippen LogP contribution in [0.1, 0.15) is 0 Å². The second-order valence-corrected chi connectivity index (χ2v) is 3.27. The van der Waals surface area contributed by atoms with Crippen LogP contribution in [0.2, 0.25) is 0 Å². The lowest BCUT2D eigenvalue weighted by atomic mass is 10.2. The minimum absolute atomic E-state index is 0.184. The van der Waals surface area contributed by atoms with Crippen molar-refractivity contribution in [2.75, 3.05) is 5.32 Å². The second-order valence-electron chi connectivity index (χ2n) is 3.27. The first-order valence-electron chi connectivity index (χ1n) is 4.79. The number of halogens is 3. The first-order chi connectivity index (χ1) is 8.31. The van der Waals surface area contributed by atoms with Crippen LogP contribution in [0.15, 0.2) is 36.9 Å². The van der Waals surface area contributed by atoms with Gasteiger partial charge >= 0.3 is 12.3 Å². The molecule has 0 amide bonds. The van der Waals surface area contributed by atoms with Crippen molar-refractivity contribution in [2.45, 2.75) is 12.4 Å². The summed E-state index contributed by atoms with van der Waals surface area (Å²) in [5.74, 6) is -1.62. The van der Waals surface area contributed by atoms with E-state index in [1.165, 1.54) is 12.1 Å². The van der Waals surface area contributed by atoms with Gasteiger partial charge < -0.3 is 15.2 Å². The molecule has 0 aliphatic heterocycles. The Morgan fingerprint density at radius 1 is 1.50 bits per heavy atom. The van der Waals surface area contributed by atoms with Gasteiger partial charge in [0.15, 0.2) is 0 Å². The third-order valence-electron chi connectivity index (χ3n) is 1.89. The minimum Gasteiger partial charge on any atom is -0.479 e. The van der Waals surface area contributed by atoms with Crippen LogP contribution >= 0.6 is 0 Å². The Balaban J connectivity index is 2.82. The third-order valence-corrected chi connectivity index (χ3v) is 1.89.